The lowest BCUT2D eigenvalue weighted by Gasteiger charge is -2.26. The minimum atomic E-state index is 0.717. The first kappa shape index (κ1) is 17.5. The predicted molar refractivity (Wildman–Crippen MR) is 95.0 cm³/mol. The maximum Gasteiger partial charge on any atom is 0.119 e. The summed E-state index contributed by atoms with van der Waals surface area (Å²) in [6.45, 7) is 9.59. The van der Waals surface area contributed by atoms with Gasteiger partial charge >= 0.3 is 0 Å². The van der Waals surface area contributed by atoms with Gasteiger partial charge in [0.25, 0.3) is 0 Å². The van der Waals surface area contributed by atoms with Gasteiger partial charge in [0.2, 0.25) is 0 Å². The summed E-state index contributed by atoms with van der Waals surface area (Å²) in [5, 5.41) is 0. The molecule has 0 N–H and O–H groups in total. The molecule has 0 unspecified atom stereocenters. The van der Waals surface area contributed by atoms with E-state index < -0.39 is 0 Å². The molecule has 2 aliphatic rings. The van der Waals surface area contributed by atoms with Crippen molar-refractivity contribution in [2.45, 2.75) is 19.3 Å². The lowest BCUT2D eigenvalue weighted by atomic mass is 10.1. The Morgan fingerprint density at radius 3 is 1.75 bits per heavy atom. The molecule has 2 saturated heterocycles. The summed E-state index contributed by atoms with van der Waals surface area (Å²) in [5.74, 6) is 1.83. The van der Waals surface area contributed by atoms with Crippen molar-refractivity contribution in [1.82, 2.24) is 9.80 Å². The Morgan fingerprint density at radius 2 is 1.21 bits per heavy atom. The Balaban J connectivity index is 1.31. The number of nitrogens with zero attached hydrogens (tertiary/aromatic N) is 2. The Morgan fingerprint density at radius 1 is 0.708 bits per heavy atom. The van der Waals surface area contributed by atoms with Gasteiger partial charge in [0.05, 0.1) is 13.2 Å². The molecule has 3 rings (SSSR count). The molecule has 0 bridgehead atoms. The van der Waals surface area contributed by atoms with Gasteiger partial charge in [-0.15, -0.1) is 0 Å². The molecule has 134 valence electrons. The molecule has 0 spiro atoms. The zero-order valence-corrected chi connectivity index (χ0v) is 14.6. The summed E-state index contributed by atoms with van der Waals surface area (Å²) in [6.07, 6.45) is 4.04. The van der Waals surface area contributed by atoms with Gasteiger partial charge < -0.3 is 14.2 Å². The second kappa shape index (κ2) is 9.87. The molecule has 0 aromatic heterocycles. The number of ether oxygens (including phenoxy) is 3. The van der Waals surface area contributed by atoms with Crippen LogP contribution in [0, 0.1) is 0 Å². The number of benzene rings is 1. The van der Waals surface area contributed by atoms with Gasteiger partial charge in [0.1, 0.15) is 24.7 Å². The molecule has 0 atom stereocenters. The average Bonchev–Trinajstić information content (AvgIpc) is 2.65. The highest BCUT2D eigenvalue weighted by atomic mass is 16.5. The molecule has 2 fully saturated rings. The van der Waals surface area contributed by atoms with Crippen molar-refractivity contribution in [1.29, 1.82) is 0 Å². The van der Waals surface area contributed by atoms with Crippen LogP contribution >= 0.6 is 0 Å². The Bertz CT molecular complexity index is 411. The topological polar surface area (TPSA) is 34.2 Å². The van der Waals surface area contributed by atoms with E-state index in [1.165, 1.54) is 32.4 Å². The van der Waals surface area contributed by atoms with E-state index in [1.807, 2.05) is 24.3 Å². The fraction of sp³-hybridized carbons (Fsp3) is 0.684. The normalized spacial score (nSPS) is 20.0. The Hall–Kier alpha value is -1.30. The molecule has 0 saturated carbocycles. The Labute approximate surface area is 145 Å². The lowest BCUT2D eigenvalue weighted by Crippen LogP contribution is -2.38. The van der Waals surface area contributed by atoms with Crippen LogP contribution in [0.5, 0.6) is 11.5 Å². The summed E-state index contributed by atoms with van der Waals surface area (Å²) < 4.78 is 17.0. The molecule has 0 aliphatic carbocycles. The number of morpholine rings is 1. The van der Waals surface area contributed by atoms with Crippen LogP contribution in [0.2, 0.25) is 0 Å². The lowest BCUT2D eigenvalue weighted by molar-refractivity contribution is 0.0322. The molecule has 24 heavy (non-hydrogen) atoms. The minimum absolute atomic E-state index is 0.717. The van der Waals surface area contributed by atoms with Gasteiger partial charge in [-0.2, -0.15) is 0 Å². The van der Waals surface area contributed by atoms with E-state index in [0.717, 1.165) is 64.1 Å². The molecule has 0 amide bonds. The molecule has 5 heteroatoms. The van der Waals surface area contributed by atoms with Gasteiger partial charge in [-0.1, -0.05) is 6.42 Å². The zero-order valence-electron chi connectivity index (χ0n) is 14.6. The van der Waals surface area contributed by atoms with E-state index in [-0.39, 0.29) is 0 Å². The van der Waals surface area contributed by atoms with Crippen molar-refractivity contribution in [3.8, 4) is 11.5 Å². The maximum absolute atomic E-state index is 5.84. The van der Waals surface area contributed by atoms with Crippen LogP contribution in [-0.2, 0) is 4.74 Å². The molecule has 0 radical (unpaired) electrons. The summed E-state index contributed by atoms with van der Waals surface area (Å²) in [7, 11) is 0. The first-order valence-electron chi connectivity index (χ1n) is 9.28. The summed E-state index contributed by atoms with van der Waals surface area (Å²) in [4.78, 5) is 4.87. The van der Waals surface area contributed by atoms with Crippen molar-refractivity contribution < 1.29 is 14.2 Å². The van der Waals surface area contributed by atoms with Crippen molar-refractivity contribution in [3.05, 3.63) is 24.3 Å². The van der Waals surface area contributed by atoms with E-state index in [2.05, 4.69) is 9.80 Å². The molecule has 1 aromatic rings. The summed E-state index contributed by atoms with van der Waals surface area (Å²) in [6, 6.07) is 7.99. The van der Waals surface area contributed by atoms with E-state index in [1.54, 1.807) is 0 Å². The van der Waals surface area contributed by atoms with Gasteiger partial charge in [-0.05, 0) is 50.2 Å². The van der Waals surface area contributed by atoms with Crippen LogP contribution in [0.3, 0.4) is 0 Å². The van der Waals surface area contributed by atoms with Crippen LogP contribution < -0.4 is 9.47 Å². The summed E-state index contributed by atoms with van der Waals surface area (Å²) >= 11 is 0. The van der Waals surface area contributed by atoms with Gasteiger partial charge in [-0.3, -0.25) is 9.80 Å². The van der Waals surface area contributed by atoms with Crippen LogP contribution in [0.1, 0.15) is 19.3 Å². The van der Waals surface area contributed by atoms with Crippen LogP contribution in [0.4, 0.5) is 0 Å². The van der Waals surface area contributed by atoms with E-state index >= 15 is 0 Å². The highest BCUT2D eigenvalue weighted by molar-refractivity contribution is 5.31. The standard InChI is InChI=1S/C19H30N2O3/c1-2-8-20(9-3-1)12-16-23-18-4-6-19(7-5-18)24-17-13-21-10-14-22-15-11-21/h4-7H,1-3,8-17H2. The number of hydrogen-bond acceptors (Lipinski definition) is 5. The van der Waals surface area contributed by atoms with Gasteiger partial charge in [0, 0.05) is 26.2 Å². The molecular weight excluding hydrogens is 304 g/mol. The van der Waals surface area contributed by atoms with Crippen molar-refractivity contribution in [3.63, 3.8) is 0 Å². The third-order valence-electron chi connectivity index (χ3n) is 4.73. The highest BCUT2D eigenvalue weighted by Crippen LogP contribution is 2.18. The fourth-order valence-corrected chi connectivity index (χ4v) is 3.23. The monoisotopic (exact) mass is 334 g/mol. The number of hydrogen-bond donors (Lipinski definition) is 0. The van der Waals surface area contributed by atoms with Crippen LogP contribution in [0.15, 0.2) is 24.3 Å². The smallest absolute Gasteiger partial charge is 0.119 e. The molecule has 2 heterocycles. The summed E-state index contributed by atoms with van der Waals surface area (Å²) in [5.41, 5.74) is 0. The van der Waals surface area contributed by atoms with Crippen LogP contribution in [0.25, 0.3) is 0 Å². The van der Waals surface area contributed by atoms with Gasteiger partial charge in [-0.25, -0.2) is 0 Å². The number of likely N-dealkylation sites (tertiary alicyclic amines) is 1. The second-order valence-electron chi connectivity index (χ2n) is 6.52. The van der Waals surface area contributed by atoms with E-state index in [9.17, 15) is 0 Å². The third-order valence-corrected chi connectivity index (χ3v) is 4.73. The second-order valence-corrected chi connectivity index (χ2v) is 6.52. The van der Waals surface area contributed by atoms with Gasteiger partial charge in [0.15, 0.2) is 0 Å². The highest BCUT2D eigenvalue weighted by Gasteiger charge is 2.10. The molecule has 5 nitrogen and oxygen atoms in total. The van der Waals surface area contributed by atoms with Crippen LogP contribution in [-0.4, -0.2) is 75.5 Å². The first-order chi connectivity index (χ1) is 11.9. The number of piperidine rings is 1. The largest absolute Gasteiger partial charge is 0.492 e. The van der Waals surface area contributed by atoms with E-state index in [4.69, 9.17) is 14.2 Å². The quantitative estimate of drug-likeness (QED) is 0.728. The predicted octanol–water partition coefficient (Wildman–Crippen LogP) is 2.26. The zero-order chi connectivity index (χ0) is 16.5. The third kappa shape index (κ3) is 5.96. The fourth-order valence-electron chi connectivity index (χ4n) is 3.23. The van der Waals surface area contributed by atoms with Crippen molar-refractivity contribution in [2.24, 2.45) is 0 Å². The van der Waals surface area contributed by atoms with Crippen molar-refractivity contribution >= 4 is 0 Å². The first-order valence-corrected chi connectivity index (χ1v) is 9.28. The minimum Gasteiger partial charge on any atom is -0.492 e. The Kier molecular flexibility index (Phi) is 7.20. The van der Waals surface area contributed by atoms with E-state index in [0.29, 0.717) is 0 Å². The molecule has 1 aromatic carbocycles. The molecule has 2 aliphatic heterocycles. The molecular formula is C19H30N2O3. The SMILES string of the molecule is c1cc(OCCN2CCOCC2)ccc1OCCN1CCCCC1. The average molecular weight is 334 g/mol. The van der Waals surface area contributed by atoms with Crippen molar-refractivity contribution in [2.75, 3.05) is 65.7 Å². The number of rotatable bonds is 8. The maximum atomic E-state index is 5.84.